The molecule has 0 bridgehead atoms. The van der Waals surface area contributed by atoms with E-state index in [1.54, 1.807) is 18.3 Å². The Morgan fingerprint density at radius 3 is 2.59 bits per heavy atom. The van der Waals surface area contributed by atoms with E-state index in [4.69, 9.17) is 21.5 Å². The maximum Gasteiger partial charge on any atom is 0.239 e. The summed E-state index contributed by atoms with van der Waals surface area (Å²) in [6.45, 7) is 1.31. The van der Waals surface area contributed by atoms with Crippen LogP contribution < -0.4 is 9.88 Å². The van der Waals surface area contributed by atoms with Gasteiger partial charge in [-0.25, -0.2) is 18.5 Å². The van der Waals surface area contributed by atoms with Crippen LogP contribution in [0.3, 0.4) is 0 Å². The van der Waals surface area contributed by atoms with Crippen LogP contribution in [0.4, 0.5) is 0 Å². The molecule has 0 saturated carbocycles. The minimum Gasteiger partial charge on any atom is -0.476 e. The van der Waals surface area contributed by atoms with Gasteiger partial charge in [-0.2, -0.15) is 0 Å². The standard InChI is InChI=1S/C24H23ClN4O4S/c1-29(2)9-10-33-23-13-15(7-8-27-23)19-14-28-21-11-16(3-5-18(19)21)24(30)17-4-6-20(25)22(12-17)34(26,31)32/h3-8,11-14,28H,9-10H2,1-2H3,(H2,26,31,32). The summed E-state index contributed by atoms with van der Waals surface area (Å²) in [5.74, 6) is 0.189. The summed E-state index contributed by atoms with van der Waals surface area (Å²) in [6.07, 6.45) is 3.56. The molecule has 2 aromatic heterocycles. The SMILES string of the molecule is CN(C)CCOc1cc(-c2c[nH]c3cc(C(=O)c4ccc(Cl)c(S(N)(=O)=O)c4)ccc23)ccn1. The molecule has 0 atom stereocenters. The molecule has 0 spiro atoms. The summed E-state index contributed by atoms with van der Waals surface area (Å²) in [4.78, 5) is 22.2. The molecule has 0 fully saturated rings. The van der Waals surface area contributed by atoms with Gasteiger partial charge in [0.15, 0.2) is 5.78 Å². The highest BCUT2D eigenvalue weighted by Crippen LogP contribution is 2.31. The third-order valence-electron chi connectivity index (χ3n) is 5.28. The molecule has 8 nitrogen and oxygen atoms in total. The van der Waals surface area contributed by atoms with Crippen LogP contribution in [-0.2, 0) is 10.0 Å². The number of pyridine rings is 1. The van der Waals surface area contributed by atoms with Crippen molar-refractivity contribution in [1.82, 2.24) is 14.9 Å². The van der Waals surface area contributed by atoms with Crippen molar-refractivity contribution < 1.29 is 17.9 Å². The molecule has 4 aromatic rings. The molecular weight excluding hydrogens is 476 g/mol. The van der Waals surface area contributed by atoms with Gasteiger partial charge in [-0.05, 0) is 50.0 Å². The fourth-order valence-corrected chi connectivity index (χ4v) is 4.60. The third-order valence-corrected chi connectivity index (χ3v) is 6.67. The highest BCUT2D eigenvalue weighted by atomic mass is 35.5. The number of primary sulfonamides is 1. The fraction of sp³-hybridized carbons (Fsp3) is 0.167. The van der Waals surface area contributed by atoms with Crippen molar-refractivity contribution in [3.63, 3.8) is 0 Å². The lowest BCUT2D eigenvalue weighted by atomic mass is 10.00. The summed E-state index contributed by atoms with van der Waals surface area (Å²) in [5.41, 5.74) is 3.19. The number of H-pyrrole nitrogens is 1. The van der Waals surface area contributed by atoms with E-state index in [2.05, 4.69) is 9.97 Å². The molecule has 0 saturated heterocycles. The zero-order valence-corrected chi connectivity index (χ0v) is 20.2. The smallest absolute Gasteiger partial charge is 0.239 e. The molecule has 10 heteroatoms. The van der Waals surface area contributed by atoms with Gasteiger partial charge in [0.1, 0.15) is 11.5 Å². The molecule has 0 aliphatic heterocycles. The largest absolute Gasteiger partial charge is 0.476 e. The van der Waals surface area contributed by atoms with Gasteiger partial charge >= 0.3 is 0 Å². The first-order valence-corrected chi connectivity index (χ1v) is 12.3. The summed E-state index contributed by atoms with van der Waals surface area (Å²) in [7, 11) is -0.103. The highest BCUT2D eigenvalue weighted by molar-refractivity contribution is 7.89. The Balaban J connectivity index is 1.63. The van der Waals surface area contributed by atoms with Crippen molar-refractivity contribution in [2.75, 3.05) is 27.2 Å². The number of aromatic amines is 1. The summed E-state index contributed by atoms with van der Waals surface area (Å²) in [5, 5.41) is 6.09. The second-order valence-electron chi connectivity index (χ2n) is 8.02. The number of aromatic nitrogens is 2. The molecule has 176 valence electrons. The first kappa shape index (κ1) is 23.9. The van der Waals surface area contributed by atoms with Crippen molar-refractivity contribution >= 4 is 38.3 Å². The predicted molar refractivity (Wildman–Crippen MR) is 132 cm³/mol. The number of nitrogens with zero attached hydrogens (tertiary/aromatic N) is 2. The maximum atomic E-state index is 13.0. The molecule has 0 radical (unpaired) electrons. The van der Waals surface area contributed by atoms with Gasteiger partial charge in [0.05, 0.1) is 5.02 Å². The average Bonchev–Trinajstić information content (AvgIpc) is 3.21. The Morgan fingerprint density at radius 1 is 1.12 bits per heavy atom. The first-order valence-electron chi connectivity index (χ1n) is 10.4. The quantitative estimate of drug-likeness (QED) is 0.357. The Morgan fingerprint density at radius 2 is 1.85 bits per heavy atom. The number of halogens is 1. The molecule has 0 unspecified atom stereocenters. The summed E-state index contributed by atoms with van der Waals surface area (Å²) < 4.78 is 29.2. The number of ether oxygens (including phenoxy) is 1. The monoisotopic (exact) mass is 498 g/mol. The number of fused-ring (bicyclic) bond motifs is 1. The van der Waals surface area contributed by atoms with Gasteiger partial charge < -0.3 is 14.6 Å². The number of rotatable bonds is 8. The van der Waals surface area contributed by atoms with E-state index in [0.29, 0.717) is 18.1 Å². The van der Waals surface area contributed by atoms with Crippen LogP contribution in [-0.4, -0.2) is 56.3 Å². The second-order valence-corrected chi connectivity index (χ2v) is 9.95. The van der Waals surface area contributed by atoms with E-state index in [9.17, 15) is 13.2 Å². The Kier molecular flexibility index (Phi) is 6.72. The highest BCUT2D eigenvalue weighted by Gasteiger charge is 2.18. The third kappa shape index (κ3) is 5.13. The predicted octanol–water partition coefficient (Wildman–Crippen LogP) is 3.70. The lowest BCUT2D eigenvalue weighted by Crippen LogP contribution is -2.19. The second kappa shape index (κ2) is 9.55. The van der Waals surface area contributed by atoms with E-state index >= 15 is 0 Å². The zero-order valence-electron chi connectivity index (χ0n) is 18.6. The van der Waals surface area contributed by atoms with Crippen LogP contribution >= 0.6 is 11.6 Å². The minimum absolute atomic E-state index is 0.0362. The van der Waals surface area contributed by atoms with E-state index in [1.165, 1.54) is 18.2 Å². The van der Waals surface area contributed by atoms with Crippen LogP contribution in [0.5, 0.6) is 5.88 Å². The van der Waals surface area contributed by atoms with Crippen LogP contribution in [0.15, 0.2) is 65.8 Å². The topological polar surface area (TPSA) is 118 Å². The molecule has 34 heavy (non-hydrogen) atoms. The first-order chi connectivity index (χ1) is 16.1. The molecule has 0 aliphatic carbocycles. The molecule has 2 heterocycles. The molecule has 2 aromatic carbocycles. The number of hydrogen-bond acceptors (Lipinski definition) is 6. The summed E-state index contributed by atoms with van der Waals surface area (Å²) in [6, 6.07) is 13.0. The zero-order chi connectivity index (χ0) is 24.5. The molecule has 0 amide bonds. The van der Waals surface area contributed by atoms with Crippen molar-refractivity contribution in [3.05, 3.63) is 77.1 Å². The van der Waals surface area contributed by atoms with Gasteiger partial charge in [0.2, 0.25) is 15.9 Å². The number of benzene rings is 2. The van der Waals surface area contributed by atoms with Crippen LogP contribution in [0.2, 0.25) is 5.02 Å². The number of sulfonamides is 1. The molecule has 4 rings (SSSR count). The van der Waals surface area contributed by atoms with Gasteiger partial charge in [0.25, 0.3) is 0 Å². The lowest BCUT2D eigenvalue weighted by molar-refractivity contribution is 0.103. The summed E-state index contributed by atoms with van der Waals surface area (Å²) >= 11 is 5.93. The average molecular weight is 499 g/mol. The van der Waals surface area contributed by atoms with Crippen LogP contribution in [0.1, 0.15) is 15.9 Å². The van der Waals surface area contributed by atoms with Crippen molar-refractivity contribution in [2.24, 2.45) is 5.14 Å². The lowest BCUT2D eigenvalue weighted by Gasteiger charge is -2.11. The molecular formula is C24H23ClN4O4S. The number of likely N-dealkylation sites (N-methyl/N-ethyl adjacent to an activating group) is 1. The van der Waals surface area contributed by atoms with Gasteiger partial charge in [-0.3, -0.25) is 4.79 Å². The molecule has 3 N–H and O–H groups in total. The van der Waals surface area contributed by atoms with Crippen molar-refractivity contribution in [2.45, 2.75) is 4.90 Å². The number of nitrogens with two attached hydrogens (primary N) is 1. The Labute approximate surface area is 202 Å². The van der Waals surface area contributed by atoms with E-state index in [0.717, 1.165) is 28.6 Å². The number of ketones is 1. The van der Waals surface area contributed by atoms with E-state index in [-0.39, 0.29) is 21.3 Å². The Bertz CT molecular complexity index is 1480. The normalized spacial score (nSPS) is 11.8. The minimum atomic E-state index is -4.06. The number of carbonyl (C=O) groups is 1. The Hall–Kier alpha value is -3.24. The number of nitrogens with one attached hydrogen (secondary N) is 1. The fourth-order valence-electron chi connectivity index (χ4n) is 3.52. The molecule has 0 aliphatic rings. The number of carbonyl (C=O) groups excluding carboxylic acids is 1. The van der Waals surface area contributed by atoms with Crippen LogP contribution in [0.25, 0.3) is 22.0 Å². The van der Waals surface area contributed by atoms with E-state index < -0.39 is 10.0 Å². The maximum absolute atomic E-state index is 13.0. The van der Waals surface area contributed by atoms with Gasteiger partial charge in [-0.1, -0.05) is 23.7 Å². The van der Waals surface area contributed by atoms with E-state index in [1.807, 2.05) is 43.4 Å². The van der Waals surface area contributed by atoms with Crippen molar-refractivity contribution in [1.29, 1.82) is 0 Å². The van der Waals surface area contributed by atoms with Gasteiger partial charge in [-0.15, -0.1) is 0 Å². The number of hydrogen-bond donors (Lipinski definition) is 2. The van der Waals surface area contributed by atoms with Crippen molar-refractivity contribution in [3.8, 4) is 17.0 Å². The van der Waals surface area contributed by atoms with Gasteiger partial charge in [0, 0.05) is 52.6 Å². The van der Waals surface area contributed by atoms with Crippen LogP contribution in [0, 0.1) is 0 Å².